The number of morpholine rings is 1. The summed E-state index contributed by atoms with van der Waals surface area (Å²) in [5, 5.41) is 29.3. The number of benzene rings is 2. The Hall–Kier alpha value is -3.27. The van der Waals surface area contributed by atoms with E-state index in [2.05, 4.69) is 10.2 Å². The molecule has 0 unspecified atom stereocenters. The number of nitrogens with zero attached hydrogens (tertiary/aromatic N) is 3. The molecular formula is C23H24ClN4O5+. The normalized spacial score (nSPS) is 14.8. The number of nitrogens with one attached hydrogen (secondary N) is 1. The lowest BCUT2D eigenvalue weighted by Crippen LogP contribution is -3.14. The average Bonchev–Trinajstić information content (AvgIpc) is 3.07. The van der Waals surface area contributed by atoms with Crippen molar-refractivity contribution >= 4 is 34.2 Å². The molecule has 172 valence electrons. The molecule has 2 amide bonds. The van der Waals surface area contributed by atoms with E-state index in [1.807, 2.05) is 0 Å². The van der Waals surface area contributed by atoms with Crippen molar-refractivity contribution < 1.29 is 29.4 Å². The number of aromatic nitrogens is 1. The maximum absolute atomic E-state index is 12.4. The minimum atomic E-state index is -0.741. The highest BCUT2D eigenvalue weighted by Crippen LogP contribution is 2.37. The minimum Gasteiger partial charge on any atom is -0.494 e. The van der Waals surface area contributed by atoms with E-state index >= 15 is 0 Å². The van der Waals surface area contributed by atoms with Crippen LogP contribution in [0.1, 0.15) is 27.1 Å². The van der Waals surface area contributed by atoms with Gasteiger partial charge in [0.1, 0.15) is 13.1 Å². The van der Waals surface area contributed by atoms with Crippen LogP contribution in [0.15, 0.2) is 52.7 Å². The Labute approximate surface area is 194 Å². The first-order valence-electron chi connectivity index (χ1n) is 10.7. The number of ether oxygens (including phenoxy) is 1. The standard InChI is InChI=1S/C23H23ClN4O5/c24-17-4-1-3-15(13-17)20(29)25-26-21(30)16-5-6-18-19(14-16)23(32)28(22(18)31)8-2-7-27-9-11-33-12-10-27/h1,3-6,13-14,31-32H,2,7-12H2/p+1. The third kappa shape index (κ3) is 5.22. The lowest BCUT2D eigenvalue weighted by atomic mass is 10.1. The van der Waals surface area contributed by atoms with E-state index in [4.69, 9.17) is 16.3 Å². The highest BCUT2D eigenvalue weighted by atomic mass is 35.5. The average molecular weight is 472 g/mol. The first kappa shape index (κ1) is 22.9. The van der Waals surface area contributed by atoms with Crippen molar-refractivity contribution in [2.45, 2.75) is 13.0 Å². The molecule has 1 aromatic heterocycles. The Kier molecular flexibility index (Phi) is 7.02. The summed E-state index contributed by atoms with van der Waals surface area (Å²) in [5.74, 6) is -1.62. The van der Waals surface area contributed by atoms with E-state index in [1.165, 1.54) is 39.8 Å². The van der Waals surface area contributed by atoms with Gasteiger partial charge < -0.3 is 19.8 Å². The monoisotopic (exact) mass is 471 g/mol. The van der Waals surface area contributed by atoms with Gasteiger partial charge in [-0.25, -0.2) is 0 Å². The topological polar surface area (TPSA) is 118 Å². The molecule has 0 saturated carbocycles. The molecule has 0 spiro atoms. The summed E-state index contributed by atoms with van der Waals surface area (Å²) >= 11 is 5.86. The van der Waals surface area contributed by atoms with E-state index in [0.717, 1.165) is 39.3 Å². The summed E-state index contributed by atoms with van der Waals surface area (Å²) in [6.45, 7) is 4.74. The summed E-state index contributed by atoms with van der Waals surface area (Å²) in [4.78, 5) is 26.0. The second kappa shape index (κ2) is 10.1. The number of halogens is 1. The fraction of sp³-hybridized carbons (Fsp3) is 0.304. The quantitative estimate of drug-likeness (QED) is 0.477. The van der Waals surface area contributed by atoms with E-state index in [-0.39, 0.29) is 22.9 Å². The Bertz CT molecular complexity index is 1220. The van der Waals surface area contributed by atoms with Crippen LogP contribution in [0.2, 0.25) is 5.02 Å². The Morgan fingerprint density at radius 1 is 0.970 bits per heavy atom. The maximum atomic E-state index is 12.4. The number of hydrogen-bond donors (Lipinski definition) is 3. The largest absolute Gasteiger partial charge is 0.494 e. The second-order valence-electron chi connectivity index (χ2n) is 7.85. The number of fused-ring (bicyclic) bond motifs is 1. The number of hydrogen-bond acceptors (Lipinski definition) is 5. The highest BCUT2D eigenvalue weighted by Gasteiger charge is 2.19. The lowest BCUT2D eigenvalue weighted by molar-refractivity contribution is -0.908. The van der Waals surface area contributed by atoms with E-state index < -0.39 is 11.8 Å². The fourth-order valence-electron chi connectivity index (χ4n) is 3.89. The van der Waals surface area contributed by atoms with E-state index in [0.29, 0.717) is 22.3 Å². The lowest BCUT2D eigenvalue weighted by Gasteiger charge is -2.23. The van der Waals surface area contributed by atoms with Gasteiger partial charge in [-0.05, 0) is 36.4 Å². The first-order valence-corrected chi connectivity index (χ1v) is 11.0. The van der Waals surface area contributed by atoms with Crippen LogP contribution in [-0.4, -0.2) is 59.4 Å². The predicted molar refractivity (Wildman–Crippen MR) is 121 cm³/mol. The molecule has 1 aliphatic rings. The second-order valence-corrected chi connectivity index (χ2v) is 8.28. The van der Waals surface area contributed by atoms with Crippen molar-refractivity contribution in [3.8, 4) is 11.8 Å². The molecule has 33 heavy (non-hydrogen) atoms. The van der Waals surface area contributed by atoms with Crippen LogP contribution in [-0.2, 0) is 11.3 Å². The van der Waals surface area contributed by atoms with Crippen molar-refractivity contribution in [3.63, 3.8) is 0 Å². The third-order valence-electron chi connectivity index (χ3n) is 5.67. The zero-order valence-corrected chi connectivity index (χ0v) is 18.6. The minimum absolute atomic E-state index is 0.0590. The highest BCUT2D eigenvalue weighted by molar-refractivity contribution is 6.31. The molecule has 0 radical (unpaired) electrons. The Balaban J connectivity index is 1.47. The number of quaternary nitrogens is 1. The van der Waals surface area contributed by atoms with Crippen LogP contribution in [0.3, 0.4) is 0 Å². The predicted octanol–water partition coefficient (Wildman–Crippen LogP) is 2.44. The number of amides is 2. The summed E-state index contributed by atoms with van der Waals surface area (Å²) in [6.07, 6.45) is 0.767. The molecule has 3 N–H and O–H groups in total. The molecule has 0 bridgehead atoms. The molecule has 2 heterocycles. The zero-order chi connectivity index (χ0) is 23.4. The van der Waals surface area contributed by atoms with Crippen molar-refractivity contribution in [1.29, 1.82) is 0 Å². The molecule has 9 nitrogen and oxygen atoms in total. The van der Waals surface area contributed by atoms with E-state index in [1.54, 1.807) is 12.1 Å². The number of rotatable bonds is 6. The molecule has 1 aliphatic heterocycles. The van der Waals surface area contributed by atoms with Crippen LogP contribution in [0.5, 0.6) is 11.8 Å². The summed E-state index contributed by atoms with van der Waals surface area (Å²) < 4.78 is 6.79. The van der Waals surface area contributed by atoms with Gasteiger partial charge in [0.2, 0.25) is 11.8 Å². The maximum Gasteiger partial charge on any atom is 0.295 e. The first-order chi connectivity index (χ1) is 15.9. The summed E-state index contributed by atoms with van der Waals surface area (Å²) in [5.41, 5.74) is 0.350. The van der Waals surface area contributed by atoms with Gasteiger partial charge in [-0.15, -0.1) is 10.2 Å². The summed E-state index contributed by atoms with van der Waals surface area (Å²) in [6, 6.07) is 10.6. The molecule has 1 saturated heterocycles. The summed E-state index contributed by atoms with van der Waals surface area (Å²) in [7, 11) is 0. The van der Waals surface area contributed by atoms with Crippen LogP contribution in [0.4, 0.5) is 0 Å². The van der Waals surface area contributed by atoms with Gasteiger partial charge in [-0.2, -0.15) is 0 Å². The molecule has 4 rings (SSSR count). The third-order valence-corrected chi connectivity index (χ3v) is 5.91. The van der Waals surface area contributed by atoms with Crippen LogP contribution in [0, 0.1) is 0 Å². The Morgan fingerprint density at radius 2 is 1.64 bits per heavy atom. The smallest absolute Gasteiger partial charge is 0.295 e. The molecule has 3 aromatic rings. The van der Waals surface area contributed by atoms with Crippen LogP contribution < -0.4 is 4.90 Å². The Morgan fingerprint density at radius 3 is 2.33 bits per heavy atom. The molecule has 0 aliphatic carbocycles. The van der Waals surface area contributed by atoms with Crippen molar-refractivity contribution in [2.75, 3.05) is 32.8 Å². The van der Waals surface area contributed by atoms with Gasteiger partial charge in [-0.3, -0.25) is 14.2 Å². The number of azo groups is 1. The van der Waals surface area contributed by atoms with Crippen LogP contribution >= 0.6 is 11.6 Å². The van der Waals surface area contributed by atoms with Crippen molar-refractivity contribution in [2.24, 2.45) is 10.2 Å². The van der Waals surface area contributed by atoms with E-state index in [9.17, 15) is 19.8 Å². The van der Waals surface area contributed by atoms with Crippen molar-refractivity contribution in [1.82, 2.24) is 4.57 Å². The van der Waals surface area contributed by atoms with Gasteiger partial charge >= 0.3 is 0 Å². The SMILES string of the molecule is O=C(N=NC(=O)c1ccc2c(O)n(CCC[NH+]3CCOCC3)c(O)c2c1)c1cccc(Cl)c1. The molecular weight excluding hydrogens is 448 g/mol. The van der Waals surface area contributed by atoms with Crippen molar-refractivity contribution in [3.05, 3.63) is 58.6 Å². The number of carbonyl (C=O) groups is 2. The molecule has 10 heteroatoms. The fourth-order valence-corrected chi connectivity index (χ4v) is 4.08. The molecule has 0 atom stereocenters. The van der Waals surface area contributed by atoms with Gasteiger partial charge in [0.05, 0.1) is 19.8 Å². The number of carbonyl (C=O) groups excluding carboxylic acids is 2. The molecule has 1 fully saturated rings. The van der Waals surface area contributed by atoms with Crippen LogP contribution in [0.25, 0.3) is 10.8 Å². The van der Waals surface area contributed by atoms with Gasteiger partial charge in [-0.1, -0.05) is 17.7 Å². The zero-order valence-electron chi connectivity index (χ0n) is 17.8. The van der Waals surface area contributed by atoms with Gasteiger partial charge in [0.15, 0.2) is 0 Å². The van der Waals surface area contributed by atoms with Gasteiger partial charge in [0.25, 0.3) is 11.8 Å². The molecule has 2 aromatic carbocycles. The van der Waals surface area contributed by atoms with Gasteiger partial charge in [0, 0.05) is 39.9 Å². The number of aromatic hydroxyl groups is 2.